The van der Waals surface area contributed by atoms with E-state index in [-0.39, 0.29) is 24.4 Å². The number of carboxylic acids is 1. The zero-order valence-corrected chi connectivity index (χ0v) is 22.4. The van der Waals surface area contributed by atoms with Crippen LogP contribution in [-0.2, 0) is 17.6 Å². The number of aromatic nitrogens is 1. The van der Waals surface area contributed by atoms with Crippen molar-refractivity contribution in [3.8, 4) is 17.2 Å². The molecule has 5 rings (SSSR count). The number of ketones is 1. The van der Waals surface area contributed by atoms with E-state index >= 15 is 0 Å². The van der Waals surface area contributed by atoms with E-state index < -0.39 is 18.6 Å². The minimum atomic E-state index is -2.07. The summed E-state index contributed by atoms with van der Waals surface area (Å²) >= 11 is 0. The van der Waals surface area contributed by atoms with Gasteiger partial charge in [0.1, 0.15) is 17.6 Å². The minimum absolute atomic E-state index is 0.122. The Balaban J connectivity index is 1.25. The Hall–Kier alpha value is -5.17. The van der Waals surface area contributed by atoms with Crippen LogP contribution in [0.25, 0.3) is 11.5 Å². The maximum absolute atomic E-state index is 13.1. The van der Waals surface area contributed by atoms with Crippen molar-refractivity contribution in [1.82, 2.24) is 4.98 Å². The quantitative estimate of drug-likeness (QED) is 0.169. The first-order valence-corrected chi connectivity index (χ1v) is 13.2. The van der Waals surface area contributed by atoms with Crippen LogP contribution in [0.2, 0.25) is 0 Å². The molecular formula is C34H30N2O5. The van der Waals surface area contributed by atoms with Crippen molar-refractivity contribution < 1.29 is 26.6 Å². The Morgan fingerprint density at radius 1 is 0.927 bits per heavy atom. The minimum Gasteiger partial charge on any atom is -0.493 e. The average molecular weight is 551 g/mol. The van der Waals surface area contributed by atoms with E-state index in [4.69, 9.17) is 11.9 Å². The lowest BCUT2D eigenvalue weighted by Gasteiger charge is -2.18. The molecule has 5 aromatic rings. The van der Waals surface area contributed by atoms with Gasteiger partial charge >= 0.3 is 5.97 Å². The summed E-state index contributed by atoms with van der Waals surface area (Å²) in [5, 5.41) is 13.0. The van der Waals surface area contributed by atoms with Crippen LogP contribution in [0.1, 0.15) is 35.7 Å². The smallest absolute Gasteiger partial charge is 0.326 e. The normalized spacial score (nSPS) is 12.6. The molecule has 1 atom stereocenters. The molecule has 2 N–H and O–H groups in total. The number of carbonyl (C=O) groups excluding carboxylic acids is 1. The number of nitrogens with zero attached hydrogens (tertiary/aromatic N) is 1. The molecule has 1 unspecified atom stereocenters. The van der Waals surface area contributed by atoms with E-state index in [1.165, 1.54) is 0 Å². The van der Waals surface area contributed by atoms with Gasteiger partial charge in [-0.15, -0.1) is 0 Å². The molecule has 0 bridgehead atoms. The third kappa shape index (κ3) is 6.89. The number of carbonyl (C=O) groups is 2. The van der Waals surface area contributed by atoms with Crippen LogP contribution in [0, 0.1) is 6.92 Å². The van der Waals surface area contributed by atoms with Crippen molar-refractivity contribution in [1.29, 1.82) is 0 Å². The van der Waals surface area contributed by atoms with E-state index in [2.05, 4.69) is 10.3 Å². The summed E-state index contributed by atoms with van der Waals surface area (Å²) in [5.41, 5.74) is 3.27. The second-order valence-electron chi connectivity index (χ2n) is 9.44. The molecule has 0 saturated heterocycles. The summed E-state index contributed by atoms with van der Waals surface area (Å²) in [4.78, 5) is 29.7. The van der Waals surface area contributed by atoms with Gasteiger partial charge in [-0.2, -0.15) is 0 Å². The Kier molecular flexibility index (Phi) is 7.75. The molecule has 0 aliphatic rings. The maximum atomic E-state index is 13.1. The van der Waals surface area contributed by atoms with Crippen molar-refractivity contribution in [3.05, 3.63) is 137 Å². The molecule has 4 aromatic carbocycles. The van der Waals surface area contributed by atoms with Crippen molar-refractivity contribution in [3.63, 3.8) is 0 Å². The highest BCUT2D eigenvalue weighted by atomic mass is 16.5. The highest BCUT2D eigenvalue weighted by molar-refractivity contribution is 6.12. The van der Waals surface area contributed by atoms with Crippen molar-refractivity contribution >= 4 is 17.4 Å². The lowest BCUT2D eigenvalue weighted by atomic mass is 10.00. The monoisotopic (exact) mass is 550 g/mol. The fraction of sp³-hybridized carbons (Fsp3) is 0.147. The molecule has 0 aliphatic carbocycles. The largest absolute Gasteiger partial charge is 0.493 e. The van der Waals surface area contributed by atoms with Crippen molar-refractivity contribution in [2.75, 3.05) is 11.9 Å². The van der Waals surface area contributed by atoms with Crippen LogP contribution < -0.4 is 10.1 Å². The van der Waals surface area contributed by atoms with E-state index in [9.17, 15) is 14.7 Å². The number of carboxylic acid groups (broad SMARTS) is 1. The second-order valence-corrected chi connectivity index (χ2v) is 9.44. The third-order valence-electron chi connectivity index (χ3n) is 6.54. The second kappa shape index (κ2) is 12.8. The van der Waals surface area contributed by atoms with E-state index in [0.29, 0.717) is 39.7 Å². The number of aryl methyl sites for hydroxylation is 2. The first-order valence-electron chi connectivity index (χ1n) is 14.2. The number of aliphatic carboxylic acids is 1. The number of rotatable bonds is 12. The Morgan fingerprint density at radius 3 is 2.29 bits per heavy atom. The number of benzene rings is 4. The lowest BCUT2D eigenvalue weighted by Crippen LogP contribution is -2.32. The Bertz CT molecular complexity index is 1700. The van der Waals surface area contributed by atoms with Crippen LogP contribution in [0.3, 0.4) is 0 Å². The number of anilines is 1. The molecule has 41 heavy (non-hydrogen) atoms. The van der Waals surface area contributed by atoms with Crippen molar-refractivity contribution in [2.24, 2.45) is 0 Å². The first-order chi connectivity index (χ1) is 20.7. The number of hydrogen-bond acceptors (Lipinski definition) is 6. The fourth-order valence-electron chi connectivity index (χ4n) is 4.35. The van der Waals surface area contributed by atoms with E-state index in [1.807, 2.05) is 36.4 Å². The predicted octanol–water partition coefficient (Wildman–Crippen LogP) is 6.61. The van der Waals surface area contributed by atoms with E-state index in [0.717, 1.165) is 5.56 Å². The molecule has 0 radical (unpaired) electrons. The van der Waals surface area contributed by atoms with E-state index in [1.54, 1.807) is 79.7 Å². The topological polar surface area (TPSA) is 102 Å². The van der Waals surface area contributed by atoms with Gasteiger partial charge in [-0.1, -0.05) is 72.8 Å². The van der Waals surface area contributed by atoms with Gasteiger partial charge in [0.05, 0.1) is 15.0 Å². The Morgan fingerprint density at radius 2 is 1.59 bits per heavy atom. The molecule has 0 spiro atoms. The third-order valence-corrected chi connectivity index (χ3v) is 6.54. The summed E-state index contributed by atoms with van der Waals surface area (Å²) < 4.78 is 28.2. The summed E-state index contributed by atoms with van der Waals surface area (Å²) in [5.74, 6) is -0.0585. The van der Waals surface area contributed by atoms with Crippen LogP contribution in [0.5, 0.6) is 5.75 Å². The van der Waals surface area contributed by atoms with Gasteiger partial charge in [0.2, 0.25) is 5.89 Å². The number of hydrogen-bond donors (Lipinski definition) is 2. The standard InChI is InChI=1S/C34H30N2O5/c1-23-29(36-33(41-23)26-12-6-3-7-13-26)20-21-40-27-18-16-24(17-19-27)22-31(34(38)39)35-30-15-9-8-14-28(30)32(37)25-10-4-2-5-11-25/h2-19,31,35H,20-22H2,1H3,(H,38,39)/i21T2. The van der Waals surface area contributed by atoms with Gasteiger partial charge in [-0.25, -0.2) is 9.78 Å². The number of oxazole rings is 1. The van der Waals surface area contributed by atoms with Gasteiger partial charge < -0.3 is 19.6 Å². The molecule has 206 valence electrons. The zero-order chi connectivity index (χ0) is 30.4. The number of para-hydroxylation sites is 1. The van der Waals surface area contributed by atoms with Gasteiger partial charge in [0, 0.05) is 35.2 Å². The first kappa shape index (κ1) is 24.8. The van der Waals surface area contributed by atoms with Crippen LogP contribution in [0.15, 0.2) is 114 Å². The molecule has 7 nitrogen and oxygen atoms in total. The summed E-state index contributed by atoms with van der Waals surface area (Å²) in [6.45, 7) is -0.334. The van der Waals surface area contributed by atoms with Gasteiger partial charge in [-0.05, 0) is 48.9 Å². The van der Waals surface area contributed by atoms with Crippen LogP contribution >= 0.6 is 0 Å². The Labute approximate surface area is 241 Å². The predicted molar refractivity (Wildman–Crippen MR) is 157 cm³/mol. The van der Waals surface area contributed by atoms with Gasteiger partial charge in [0.15, 0.2) is 5.78 Å². The molecular weight excluding hydrogens is 516 g/mol. The number of nitrogens with one attached hydrogen (secondary N) is 1. The molecule has 0 fully saturated rings. The highest BCUT2D eigenvalue weighted by Crippen LogP contribution is 2.23. The summed E-state index contributed by atoms with van der Waals surface area (Å²) in [7, 11) is 0. The SMILES string of the molecule is [3H]C([3H])(Cc1nc(-c2ccccc2)oc1C)Oc1ccc(CC(Nc2ccccc2C(=O)c2ccccc2)C(=O)O)cc1. The van der Waals surface area contributed by atoms with Gasteiger partial charge in [0.25, 0.3) is 0 Å². The average Bonchev–Trinajstić information content (AvgIpc) is 3.37. The fourth-order valence-corrected chi connectivity index (χ4v) is 4.35. The zero-order valence-electron chi connectivity index (χ0n) is 24.4. The summed E-state index contributed by atoms with van der Waals surface area (Å²) in [6.07, 6.45) is -0.000196. The van der Waals surface area contributed by atoms with Crippen molar-refractivity contribution in [2.45, 2.75) is 25.8 Å². The molecule has 7 heteroatoms. The summed E-state index contributed by atoms with van der Waals surface area (Å²) in [6, 6.07) is 30.6. The molecule has 0 saturated carbocycles. The molecule has 0 amide bonds. The highest BCUT2D eigenvalue weighted by Gasteiger charge is 2.21. The lowest BCUT2D eigenvalue weighted by molar-refractivity contribution is -0.137. The van der Waals surface area contributed by atoms with Crippen LogP contribution in [-0.4, -0.2) is 34.4 Å². The maximum Gasteiger partial charge on any atom is 0.326 e. The van der Waals surface area contributed by atoms with Gasteiger partial charge in [-0.3, -0.25) is 4.79 Å². The van der Waals surface area contributed by atoms with Crippen LogP contribution in [0.4, 0.5) is 5.69 Å². The molecule has 0 aliphatic heterocycles. The molecule has 1 heterocycles. The molecule has 1 aromatic heterocycles. The number of ether oxygens (including phenoxy) is 1.